The Balaban J connectivity index is 1.69. The predicted molar refractivity (Wildman–Crippen MR) is 126 cm³/mol. The van der Waals surface area contributed by atoms with Crippen molar-refractivity contribution in [1.29, 1.82) is 0 Å². The second-order valence-electron chi connectivity index (χ2n) is 7.35. The fourth-order valence-corrected chi connectivity index (χ4v) is 5.38. The van der Waals surface area contributed by atoms with Gasteiger partial charge in [-0.25, -0.2) is 8.42 Å². The summed E-state index contributed by atoms with van der Waals surface area (Å²) in [6, 6.07) is 11.7. The lowest BCUT2D eigenvalue weighted by atomic mass is 10.0. The highest BCUT2D eigenvalue weighted by Crippen LogP contribution is 2.35. The molecule has 8 heteroatoms. The first-order valence-electron chi connectivity index (χ1n) is 9.54. The van der Waals surface area contributed by atoms with Crippen molar-refractivity contribution in [1.82, 2.24) is 15.0 Å². The van der Waals surface area contributed by atoms with Gasteiger partial charge in [0.05, 0.1) is 27.8 Å². The Bertz CT molecular complexity index is 1560. The number of hydrogen-bond acceptors (Lipinski definition) is 7. The molecule has 0 aliphatic heterocycles. The number of sulfone groups is 1. The molecule has 0 radical (unpaired) electrons. The maximum absolute atomic E-state index is 12.2. The third-order valence-electron chi connectivity index (χ3n) is 5.11. The molecule has 0 aliphatic carbocycles. The van der Waals surface area contributed by atoms with E-state index in [0.29, 0.717) is 11.4 Å². The van der Waals surface area contributed by atoms with Crippen LogP contribution in [0.1, 0.15) is 5.56 Å². The molecule has 0 aliphatic rings. The van der Waals surface area contributed by atoms with E-state index in [1.807, 2.05) is 12.1 Å². The standard InChI is InChI=1S/C23H18N4O2S2/c1-14-13-30-21-4-3-15(9-17(14)21)18-10-16(11-19-23(18)26-8-7-25-19)27-20-12-24-6-5-22(20)31(2,28)29/h3-13,27H,1-2H3. The lowest BCUT2D eigenvalue weighted by molar-refractivity contribution is 0.602. The van der Waals surface area contributed by atoms with Crippen LogP contribution in [0, 0.1) is 6.92 Å². The number of hydrogen-bond donors (Lipinski definition) is 1. The summed E-state index contributed by atoms with van der Waals surface area (Å²) in [4.78, 5) is 13.3. The lowest BCUT2D eigenvalue weighted by Gasteiger charge is -2.13. The number of aromatic nitrogens is 3. The number of nitrogens with zero attached hydrogens (tertiary/aromatic N) is 3. The smallest absolute Gasteiger partial charge is 0.177 e. The molecular formula is C23H18N4O2S2. The summed E-state index contributed by atoms with van der Waals surface area (Å²) in [5, 5.41) is 6.58. The van der Waals surface area contributed by atoms with Crippen molar-refractivity contribution in [2.75, 3.05) is 11.6 Å². The molecule has 0 unspecified atom stereocenters. The molecule has 0 spiro atoms. The van der Waals surface area contributed by atoms with Gasteiger partial charge >= 0.3 is 0 Å². The van der Waals surface area contributed by atoms with Gasteiger partial charge < -0.3 is 5.32 Å². The lowest BCUT2D eigenvalue weighted by Crippen LogP contribution is -2.03. The van der Waals surface area contributed by atoms with E-state index in [-0.39, 0.29) is 4.90 Å². The largest absolute Gasteiger partial charge is 0.353 e. The molecule has 2 aromatic carbocycles. The third kappa shape index (κ3) is 3.64. The van der Waals surface area contributed by atoms with E-state index in [0.717, 1.165) is 22.2 Å². The Hall–Kier alpha value is -3.36. The molecule has 0 saturated carbocycles. The van der Waals surface area contributed by atoms with Crippen LogP contribution in [-0.4, -0.2) is 29.6 Å². The minimum absolute atomic E-state index is 0.193. The minimum atomic E-state index is -3.41. The Labute approximate surface area is 183 Å². The summed E-state index contributed by atoms with van der Waals surface area (Å²) in [5.74, 6) is 0. The van der Waals surface area contributed by atoms with Crippen LogP contribution in [0.4, 0.5) is 11.4 Å². The van der Waals surface area contributed by atoms with Gasteiger partial charge in [-0.15, -0.1) is 11.3 Å². The maximum atomic E-state index is 12.2. The Morgan fingerprint density at radius 3 is 2.68 bits per heavy atom. The first kappa shape index (κ1) is 19.6. The van der Waals surface area contributed by atoms with Crippen LogP contribution >= 0.6 is 11.3 Å². The second kappa shape index (κ2) is 7.40. The van der Waals surface area contributed by atoms with Gasteiger partial charge in [-0.05, 0) is 59.1 Å². The molecule has 0 amide bonds. The minimum Gasteiger partial charge on any atom is -0.353 e. The first-order valence-corrected chi connectivity index (χ1v) is 12.3. The van der Waals surface area contributed by atoms with Crippen molar-refractivity contribution in [3.05, 3.63) is 72.1 Å². The van der Waals surface area contributed by atoms with E-state index in [4.69, 9.17) is 0 Å². The van der Waals surface area contributed by atoms with E-state index in [2.05, 4.69) is 50.8 Å². The molecule has 0 fully saturated rings. The van der Waals surface area contributed by atoms with Gasteiger partial charge in [-0.1, -0.05) is 6.07 Å². The summed E-state index contributed by atoms with van der Waals surface area (Å²) in [7, 11) is -3.41. The average Bonchev–Trinajstić information content (AvgIpc) is 3.13. The van der Waals surface area contributed by atoms with Crippen LogP contribution in [-0.2, 0) is 9.84 Å². The maximum Gasteiger partial charge on any atom is 0.177 e. The average molecular weight is 447 g/mol. The second-order valence-corrected chi connectivity index (χ2v) is 10.2. The number of fused-ring (bicyclic) bond motifs is 2. The number of anilines is 2. The summed E-state index contributed by atoms with van der Waals surface area (Å²) in [6.45, 7) is 2.10. The molecule has 31 heavy (non-hydrogen) atoms. The monoisotopic (exact) mass is 446 g/mol. The molecule has 0 saturated heterocycles. The van der Waals surface area contributed by atoms with Crippen LogP contribution in [0.25, 0.3) is 32.2 Å². The normalized spacial score (nSPS) is 11.8. The Morgan fingerprint density at radius 1 is 1.00 bits per heavy atom. The first-order chi connectivity index (χ1) is 14.9. The van der Waals surface area contributed by atoms with E-state index >= 15 is 0 Å². The van der Waals surface area contributed by atoms with E-state index < -0.39 is 9.84 Å². The highest BCUT2D eigenvalue weighted by atomic mass is 32.2. The highest BCUT2D eigenvalue weighted by Gasteiger charge is 2.15. The molecule has 1 N–H and O–H groups in total. The van der Waals surface area contributed by atoms with Gasteiger partial charge in [0.2, 0.25) is 0 Å². The summed E-state index contributed by atoms with van der Waals surface area (Å²) < 4.78 is 25.6. The van der Waals surface area contributed by atoms with Crippen molar-refractivity contribution in [3.63, 3.8) is 0 Å². The molecular weight excluding hydrogens is 428 g/mol. The summed E-state index contributed by atoms with van der Waals surface area (Å²) in [5.41, 5.74) is 5.82. The number of thiophene rings is 1. The van der Waals surface area contributed by atoms with Crippen molar-refractivity contribution in [3.8, 4) is 11.1 Å². The number of aryl methyl sites for hydroxylation is 1. The van der Waals surface area contributed by atoms with Gasteiger partial charge in [0.25, 0.3) is 0 Å². The van der Waals surface area contributed by atoms with Crippen LogP contribution < -0.4 is 5.32 Å². The van der Waals surface area contributed by atoms with Crippen molar-refractivity contribution >= 4 is 53.7 Å². The number of benzene rings is 2. The van der Waals surface area contributed by atoms with Gasteiger partial charge in [0.1, 0.15) is 0 Å². The zero-order valence-electron chi connectivity index (χ0n) is 16.8. The number of rotatable bonds is 4. The highest BCUT2D eigenvalue weighted by molar-refractivity contribution is 7.90. The van der Waals surface area contributed by atoms with E-state index in [1.165, 1.54) is 40.4 Å². The Morgan fingerprint density at radius 2 is 1.84 bits per heavy atom. The van der Waals surface area contributed by atoms with Crippen molar-refractivity contribution < 1.29 is 8.42 Å². The molecule has 0 bridgehead atoms. The quantitative estimate of drug-likeness (QED) is 0.400. The van der Waals surface area contributed by atoms with E-state index in [9.17, 15) is 8.42 Å². The zero-order valence-corrected chi connectivity index (χ0v) is 18.5. The van der Waals surface area contributed by atoms with Gasteiger partial charge in [-0.3, -0.25) is 15.0 Å². The van der Waals surface area contributed by atoms with Crippen LogP contribution in [0.15, 0.2) is 71.5 Å². The fourth-order valence-electron chi connectivity index (χ4n) is 3.65. The van der Waals surface area contributed by atoms with Crippen LogP contribution in [0.5, 0.6) is 0 Å². The fraction of sp³-hybridized carbons (Fsp3) is 0.0870. The number of pyridine rings is 1. The molecule has 3 heterocycles. The van der Waals surface area contributed by atoms with Gasteiger partial charge in [-0.2, -0.15) is 0 Å². The molecule has 5 aromatic rings. The molecule has 3 aromatic heterocycles. The van der Waals surface area contributed by atoms with Gasteiger partial charge in [0, 0.05) is 40.8 Å². The van der Waals surface area contributed by atoms with Gasteiger partial charge in [0.15, 0.2) is 9.84 Å². The molecule has 5 rings (SSSR count). The predicted octanol–water partition coefficient (Wildman–Crippen LogP) is 5.36. The van der Waals surface area contributed by atoms with Crippen molar-refractivity contribution in [2.45, 2.75) is 11.8 Å². The summed E-state index contributed by atoms with van der Waals surface area (Å²) in [6.07, 6.45) is 7.49. The van der Waals surface area contributed by atoms with Crippen LogP contribution in [0.2, 0.25) is 0 Å². The third-order valence-corrected chi connectivity index (χ3v) is 7.35. The molecule has 0 atom stereocenters. The molecule has 6 nitrogen and oxygen atoms in total. The topological polar surface area (TPSA) is 84.8 Å². The summed E-state index contributed by atoms with van der Waals surface area (Å²) >= 11 is 1.73. The number of nitrogens with one attached hydrogen (secondary N) is 1. The zero-order chi connectivity index (χ0) is 21.6. The SMILES string of the molecule is Cc1csc2ccc(-c3cc(Nc4cnccc4S(C)(=O)=O)cc4nccnc34)cc12. The van der Waals surface area contributed by atoms with E-state index in [1.54, 1.807) is 23.7 Å². The molecule has 154 valence electrons. The van der Waals surface area contributed by atoms with Crippen molar-refractivity contribution in [2.24, 2.45) is 0 Å². The van der Waals surface area contributed by atoms with Crippen LogP contribution in [0.3, 0.4) is 0 Å². The Kier molecular flexibility index (Phi) is 4.68.